The normalized spacial score (nSPS) is 15.7. The van der Waals surface area contributed by atoms with Crippen molar-refractivity contribution in [1.29, 1.82) is 0 Å². The molecule has 194 valence electrons. The van der Waals surface area contributed by atoms with E-state index in [0.717, 1.165) is 43.5 Å². The van der Waals surface area contributed by atoms with Crippen LogP contribution in [0.2, 0.25) is 0 Å². The van der Waals surface area contributed by atoms with Gasteiger partial charge in [-0.3, -0.25) is 9.36 Å². The van der Waals surface area contributed by atoms with Gasteiger partial charge in [-0.05, 0) is 61.6 Å². The molecular formula is C27H23F3N6O2. The van der Waals surface area contributed by atoms with Crippen molar-refractivity contribution >= 4 is 12.0 Å². The van der Waals surface area contributed by atoms with E-state index in [-0.39, 0.29) is 17.8 Å². The van der Waals surface area contributed by atoms with Gasteiger partial charge in [0.1, 0.15) is 24.2 Å². The SMILES string of the molecule is O=C(NC1CCC(=Cc2cccc(Oc3ccc(C(F)(F)F)cn3)c2)CC1)c1ccc(-n2cnnc2)nc1. The summed E-state index contributed by atoms with van der Waals surface area (Å²) in [6.07, 6.45) is 6.30. The summed E-state index contributed by atoms with van der Waals surface area (Å²) in [5.74, 6) is 1.04. The first kappa shape index (κ1) is 25.1. The number of amides is 1. The second kappa shape index (κ2) is 10.8. The van der Waals surface area contributed by atoms with Crippen molar-refractivity contribution in [3.05, 3.63) is 95.8 Å². The molecule has 0 atom stereocenters. The van der Waals surface area contributed by atoms with Crippen LogP contribution in [0.5, 0.6) is 11.6 Å². The summed E-state index contributed by atoms with van der Waals surface area (Å²) in [7, 11) is 0. The van der Waals surface area contributed by atoms with Crippen molar-refractivity contribution < 1.29 is 22.7 Å². The summed E-state index contributed by atoms with van der Waals surface area (Å²) < 4.78 is 45.5. The van der Waals surface area contributed by atoms with Crippen LogP contribution in [-0.2, 0) is 6.18 Å². The molecule has 3 heterocycles. The molecule has 0 saturated heterocycles. The number of aromatic nitrogens is 5. The van der Waals surface area contributed by atoms with Gasteiger partial charge in [-0.15, -0.1) is 10.2 Å². The monoisotopic (exact) mass is 520 g/mol. The van der Waals surface area contributed by atoms with Gasteiger partial charge in [-0.1, -0.05) is 23.8 Å². The molecule has 1 aromatic carbocycles. The van der Waals surface area contributed by atoms with Gasteiger partial charge in [0.2, 0.25) is 5.88 Å². The molecule has 11 heteroatoms. The highest BCUT2D eigenvalue weighted by Crippen LogP contribution is 2.31. The van der Waals surface area contributed by atoms with Gasteiger partial charge < -0.3 is 10.1 Å². The Hall–Kier alpha value is -4.54. The van der Waals surface area contributed by atoms with E-state index < -0.39 is 11.7 Å². The van der Waals surface area contributed by atoms with Crippen LogP contribution in [0.15, 0.2) is 79.2 Å². The predicted octanol–water partition coefficient (Wildman–Crippen LogP) is 5.62. The maximum atomic E-state index is 12.7. The van der Waals surface area contributed by atoms with E-state index >= 15 is 0 Å². The highest BCUT2D eigenvalue weighted by atomic mass is 19.4. The number of hydrogen-bond donors (Lipinski definition) is 1. The molecule has 0 spiro atoms. The average Bonchev–Trinajstić information content (AvgIpc) is 3.45. The molecule has 1 aliphatic rings. The van der Waals surface area contributed by atoms with Gasteiger partial charge in [0.05, 0.1) is 11.1 Å². The minimum absolute atomic E-state index is 0.0672. The maximum Gasteiger partial charge on any atom is 0.417 e. The number of allylic oxidation sites excluding steroid dienone is 1. The molecule has 1 aliphatic carbocycles. The van der Waals surface area contributed by atoms with Crippen LogP contribution in [0.4, 0.5) is 13.2 Å². The average molecular weight is 521 g/mol. The first-order valence-corrected chi connectivity index (χ1v) is 12.0. The van der Waals surface area contributed by atoms with Crippen LogP contribution in [0.3, 0.4) is 0 Å². The number of halogens is 3. The number of hydrogen-bond acceptors (Lipinski definition) is 6. The molecule has 3 aromatic heterocycles. The lowest BCUT2D eigenvalue weighted by Gasteiger charge is -2.25. The van der Waals surface area contributed by atoms with Crippen LogP contribution in [0.1, 0.15) is 47.2 Å². The molecular weight excluding hydrogens is 497 g/mol. The van der Waals surface area contributed by atoms with Crippen molar-refractivity contribution in [2.45, 2.75) is 37.9 Å². The fourth-order valence-corrected chi connectivity index (χ4v) is 4.17. The van der Waals surface area contributed by atoms with E-state index in [4.69, 9.17) is 4.74 Å². The van der Waals surface area contributed by atoms with E-state index in [1.807, 2.05) is 18.2 Å². The standard InChI is InChI=1S/C27H23F3N6O2/c28-27(29,30)21-7-11-25(32-15-21)38-23-3-1-2-19(13-23)12-18-4-8-22(9-5-18)35-26(37)20-6-10-24(31-14-20)36-16-33-34-17-36/h1-3,6-7,10-17,22H,4-5,8-9H2,(H,35,37). The molecule has 38 heavy (non-hydrogen) atoms. The Balaban J connectivity index is 1.14. The van der Waals surface area contributed by atoms with E-state index in [0.29, 0.717) is 17.1 Å². The Kier molecular flexibility index (Phi) is 7.16. The highest BCUT2D eigenvalue weighted by Gasteiger charge is 2.30. The first-order chi connectivity index (χ1) is 18.3. The Morgan fingerprint density at radius 3 is 2.45 bits per heavy atom. The van der Waals surface area contributed by atoms with E-state index in [9.17, 15) is 18.0 Å². The Morgan fingerprint density at radius 1 is 1.00 bits per heavy atom. The molecule has 1 amide bonds. The number of nitrogens with zero attached hydrogens (tertiary/aromatic N) is 5. The number of rotatable bonds is 6. The molecule has 5 rings (SSSR count). The summed E-state index contributed by atoms with van der Waals surface area (Å²) in [6.45, 7) is 0. The molecule has 1 N–H and O–H groups in total. The molecule has 8 nitrogen and oxygen atoms in total. The number of alkyl halides is 3. The van der Waals surface area contributed by atoms with Crippen molar-refractivity contribution in [1.82, 2.24) is 30.0 Å². The third kappa shape index (κ3) is 6.23. The summed E-state index contributed by atoms with van der Waals surface area (Å²) >= 11 is 0. The molecule has 1 saturated carbocycles. The van der Waals surface area contributed by atoms with Crippen LogP contribution in [0.25, 0.3) is 11.9 Å². The lowest BCUT2D eigenvalue weighted by molar-refractivity contribution is -0.137. The van der Waals surface area contributed by atoms with Crippen LogP contribution >= 0.6 is 0 Å². The van der Waals surface area contributed by atoms with Gasteiger partial charge in [-0.25, -0.2) is 9.97 Å². The van der Waals surface area contributed by atoms with Crippen molar-refractivity contribution in [2.75, 3.05) is 0 Å². The van der Waals surface area contributed by atoms with Gasteiger partial charge in [0, 0.05) is 24.5 Å². The smallest absolute Gasteiger partial charge is 0.417 e. The Labute approximate surface area is 216 Å². The largest absolute Gasteiger partial charge is 0.439 e. The number of nitrogens with one attached hydrogen (secondary N) is 1. The third-order valence-electron chi connectivity index (χ3n) is 6.17. The number of benzene rings is 1. The zero-order chi connectivity index (χ0) is 26.5. The maximum absolute atomic E-state index is 12.7. The molecule has 4 aromatic rings. The summed E-state index contributed by atoms with van der Waals surface area (Å²) in [4.78, 5) is 20.7. The van der Waals surface area contributed by atoms with Gasteiger partial charge in [-0.2, -0.15) is 13.2 Å². The van der Waals surface area contributed by atoms with Crippen molar-refractivity contribution in [3.8, 4) is 17.4 Å². The Morgan fingerprint density at radius 2 is 1.79 bits per heavy atom. The fraction of sp³-hybridized carbons (Fsp3) is 0.222. The number of carbonyl (C=O) groups excluding carboxylic acids is 1. The lowest BCUT2D eigenvalue weighted by Crippen LogP contribution is -2.36. The molecule has 0 unspecified atom stereocenters. The van der Waals surface area contributed by atoms with E-state index in [1.165, 1.54) is 30.5 Å². The summed E-state index contributed by atoms with van der Waals surface area (Å²) in [5.41, 5.74) is 1.84. The molecule has 0 aliphatic heterocycles. The lowest BCUT2D eigenvalue weighted by atomic mass is 9.89. The zero-order valence-corrected chi connectivity index (χ0v) is 20.1. The minimum Gasteiger partial charge on any atom is -0.439 e. The second-order valence-corrected chi connectivity index (χ2v) is 8.88. The van der Waals surface area contributed by atoms with Crippen LogP contribution < -0.4 is 10.1 Å². The van der Waals surface area contributed by atoms with Crippen molar-refractivity contribution in [2.24, 2.45) is 0 Å². The van der Waals surface area contributed by atoms with Crippen LogP contribution in [0, 0.1) is 0 Å². The molecule has 0 bridgehead atoms. The molecule has 1 fully saturated rings. The van der Waals surface area contributed by atoms with E-state index in [2.05, 4.69) is 31.6 Å². The highest BCUT2D eigenvalue weighted by molar-refractivity contribution is 5.94. The quantitative estimate of drug-likeness (QED) is 0.354. The summed E-state index contributed by atoms with van der Waals surface area (Å²) in [6, 6.07) is 13.0. The number of carbonyl (C=O) groups is 1. The van der Waals surface area contributed by atoms with Gasteiger partial charge in [0.25, 0.3) is 5.91 Å². The topological polar surface area (TPSA) is 94.8 Å². The molecule has 0 radical (unpaired) electrons. The van der Waals surface area contributed by atoms with Crippen LogP contribution in [-0.4, -0.2) is 36.7 Å². The number of pyridine rings is 2. The zero-order valence-electron chi connectivity index (χ0n) is 20.1. The van der Waals surface area contributed by atoms with Crippen molar-refractivity contribution in [3.63, 3.8) is 0 Å². The fourth-order valence-electron chi connectivity index (χ4n) is 4.17. The predicted molar refractivity (Wildman–Crippen MR) is 133 cm³/mol. The summed E-state index contributed by atoms with van der Waals surface area (Å²) in [5, 5.41) is 10.6. The minimum atomic E-state index is -4.44. The van der Waals surface area contributed by atoms with Gasteiger partial charge >= 0.3 is 6.18 Å². The number of ether oxygens (including phenoxy) is 1. The van der Waals surface area contributed by atoms with Gasteiger partial charge in [0.15, 0.2) is 0 Å². The Bertz CT molecular complexity index is 1410. The second-order valence-electron chi connectivity index (χ2n) is 8.88. The third-order valence-corrected chi connectivity index (χ3v) is 6.17. The first-order valence-electron chi connectivity index (χ1n) is 12.0. The van der Waals surface area contributed by atoms with E-state index in [1.54, 1.807) is 22.8 Å².